The zero-order chi connectivity index (χ0) is 15.2. The van der Waals surface area contributed by atoms with Crippen LogP contribution in [0.4, 0.5) is 0 Å². The van der Waals surface area contributed by atoms with Crippen molar-refractivity contribution in [1.29, 1.82) is 0 Å². The van der Waals surface area contributed by atoms with Gasteiger partial charge in [0.1, 0.15) is 11.6 Å². The lowest BCUT2D eigenvalue weighted by atomic mass is 9.91. The van der Waals surface area contributed by atoms with E-state index >= 15 is 0 Å². The highest BCUT2D eigenvalue weighted by molar-refractivity contribution is 5.85. The highest BCUT2D eigenvalue weighted by atomic mass is 16.1. The Bertz CT molecular complexity index is 612. The first kappa shape index (κ1) is 15.2. The molecule has 0 spiro atoms. The smallest absolute Gasteiger partial charge is 0.133 e. The van der Waals surface area contributed by atoms with E-state index in [9.17, 15) is 9.59 Å². The maximum Gasteiger partial charge on any atom is 0.133 e. The van der Waals surface area contributed by atoms with Gasteiger partial charge in [-0.15, -0.1) is 0 Å². The third-order valence-electron chi connectivity index (χ3n) is 3.65. The van der Waals surface area contributed by atoms with Crippen molar-refractivity contribution in [2.45, 2.75) is 26.7 Å². The van der Waals surface area contributed by atoms with E-state index < -0.39 is 0 Å². The van der Waals surface area contributed by atoms with E-state index in [1.807, 2.05) is 30.3 Å². The molecule has 0 aliphatic carbocycles. The van der Waals surface area contributed by atoms with Gasteiger partial charge in [-0.2, -0.15) is 0 Å². The second-order valence-electron chi connectivity index (χ2n) is 5.48. The van der Waals surface area contributed by atoms with Crippen LogP contribution in [0.3, 0.4) is 0 Å². The largest absolute Gasteiger partial charge is 0.300 e. The minimum atomic E-state index is -0.204. The molecule has 0 aliphatic heterocycles. The normalized spacial score (nSPS) is 11.9. The molecule has 2 heteroatoms. The Labute approximate surface area is 125 Å². The Morgan fingerprint density at radius 1 is 0.857 bits per heavy atom. The van der Waals surface area contributed by atoms with Crippen LogP contribution in [-0.2, 0) is 16.0 Å². The molecule has 0 N–H and O–H groups in total. The summed E-state index contributed by atoms with van der Waals surface area (Å²) in [5, 5.41) is 0. The van der Waals surface area contributed by atoms with Gasteiger partial charge in [0.25, 0.3) is 0 Å². The molecule has 0 heterocycles. The van der Waals surface area contributed by atoms with Gasteiger partial charge in [0.05, 0.1) is 0 Å². The first-order valence-electron chi connectivity index (χ1n) is 7.20. The Morgan fingerprint density at radius 3 is 1.95 bits per heavy atom. The fourth-order valence-corrected chi connectivity index (χ4v) is 2.46. The van der Waals surface area contributed by atoms with Crippen LogP contribution in [0.1, 0.15) is 25.8 Å². The number of carbonyl (C=O) groups is 2. The number of hydrogen-bond donors (Lipinski definition) is 0. The van der Waals surface area contributed by atoms with Crippen LogP contribution in [-0.4, -0.2) is 11.6 Å². The van der Waals surface area contributed by atoms with Crippen LogP contribution in [0.25, 0.3) is 11.1 Å². The summed E-state index contributed by atoms with van der Waals surface area (Å²) in [5.41, 5.74) is 3.43. The summed E-state index contributed by atoms with van der Waals surface area (Å²) in [7, 11) is 0. The van der Waals surface area contributed by atoms with Gasteiger partial charge in [0.2, 0.25) is 0 Å². The monoisotopic (exact) mass is 280 g/mol. The second-order valence-corrected chi connectivity index (χ2v) is 5.48. The molecule has 2 aromatic rings. The van der Waals surface area contributed by atoms with Gasteiger partial charge in [0.15, 0.2) is 0 Å². The number of rotatable bonds is 6. The van der Waals surface area contributed by atoms with Crippen molar-refractivity contribution in [3.05, 3.63) is 60.2 Å². The molecule has 1 atom stereocenters. The quantitative estimate of drug-likeness (QED) is 0.799. The maximum atomic E-state index is 11.6. The number of benzene rings is 2. The molecule has 0 saturated carbocycles. The Morgan fingerprint density at radius 2 is 1.43 bits per heavy atom. The van der Waals surface area contributed by atoms with E-state index in [1.165, 1.54) is 12.5 Å². The van der Waals surface area contributed by atoms with Crippen molar-refractivity contribution >= 4 is 11.6 Å². The summed E-state index contributed by atoms with van der Waals surface area (Å²) in [6.45, 7) is 3.10. The minimum Gasteiger partial charge on any atom is -0.300 e. The van der Waals surface area contributed by atoms with Crippen LogP contribution in [0.5, 0.6) is 0 Å². The highest BCUT2D eigenvalue weighted by Gasteiger charge is 2.16. The van der Waals surface area contributed by atoms with Gasteiger partial charge < -0.3 is 4.79 Å². The predicted molar refractivity (Wildman–Crippen MR) is 85.1 cm³/mol. The average Bonchev–Trinajstić information content (AvgIpc) is 2.48. The molecule has 0 saturated heterocycles. The summed E-state index contributed by atoms with van der Waals surface area (Å²) in [6.07, 6.45) is 0.958. The fraction of sp³-hybridized carbons (Fsp3) is 0.263. The Hall–Kier alpha value is -2.22. The number of Topliss-reactive ketones (excluding diaryl/α,β-unsaturated/α-hetero) is 2. The average molecular weight is 280 g/mol. The molecule has 2 nitrogen and oxygen atoms in total. The molecule has 21 heavy (non-hydrogen) atoms. The van der Waals surface area contributed by atoms with Gasteiger partial charge in [-0.1, -0.05) is 54.6 Å². The molecule has 0 amide bonds. The number of ketones is 2. The van der Waals surface area contributed by atoms with Crippen LogP contribution in [0, 0.1) is 5.92 Å². The molecular weight excluding hydrogens is 260 g/mol. The van der Waals surface area contributed by atoms with Crippen molar-refractivity contribution in [3.8, 4) is 11.1 Å². The second kappa shape index (κ2) is 6.98. The number of carbonyl (C=O) groups excluding carboxylic acids is 2. The first-order chi connectivity index (χ1) is 10.1. The van der Waals surface area contributed by atoms with E-state index in [0.29, 0.717) is 12.8 Å². The van der Waals surface area contributed by atoms with Gasteiger partial charge in [-0.05, 0) is 37.0 Å². The van der Waals surface area contributed by atoms with E-state index in [2.05, 4.69) is 24.3 Å². The summed E-state index contributed by atoms with van der Waals surface area (Å²) in [5.74, 6) is -0.0569. The summed E-state index contributed by atoms with van der Waals surface area (Å²) < 4.78 is 0. The van der Waals surface area contributed by atoms with Gasteiger partial charge >= 0.3 is 0 Å². The van der Waals surface area contributed by atoms with E-state index in [-0.39, 0.29) is 17.5 Å². The van der Waals surface area contributed by atoms with E-state index in [1.54, 1.807) is 6.92 Å². The summed E-state index contributed by atoms with van der Waals surface area (Å²) in [6, 6.07) is 18.4. The lowest BCUT2D eigenvalue weighted by Crippen LogP contribution is -2.17. The topological polar surface area (TPSA) is 34.1 Å². The SMILES string of the molecule is CC(=O)CC(Cc1ccc(-c2ccccc2)cc1)C(C)=O. The minimum absolute atomic E-state index is 0.0658. The van der Waals surface area contributed by atoms with Crippen LogP contribution >= 0.6 is 0 Å². The van der Waals surface area contributed by atoms with Crippen LogP contribution in [0.2, 0.25) is 0 Å². The molecule has 0 bridgehead atoms. The summed E-state index contributed by atoms with van der Waals surface area (Å²) >= 11 is 0. The van der Waals surface area contributed by atoms with Crippen molar-refractivity contribution in [2.24, 2.45) is 5.92 Å². The zero-order valence-corrected chi connectivity index (χ0v) is 12.5. The number of hydrogen-bond acceptors (Lipinski definition) is 2. The van der Waals surface area contributed by atoms with Gasteiger partial charge in [-0.25, -0.2) is 0 Å². The van der Waals surface area contributed by atoms with Crippen molar-refractivity contribution < 1.29 is 9.59 Å². The van der Waals surface area contributed by atoms with Gasteiger partial charge in [0, 0.05) is 12.3 Å². The third-order valence-corrected chi connectivity index (χ3v) is 3.65. The summed E-state index contributed by atoms with van der Waals surface area (Å²) in [4.78, 5) is 22.9. The molecule has 2 aromatic carbocycles. The van der Waals surface area contributed by atoms with Gasteiger partial charge in [-0.3, -0.25) is 4.79 Å². The molecule has 108 valence electrons. The molecule has 2 rings (SSSR count). The Kier molecular flexibility index (Phi) is 5.04. The third kappa shape index (κ3) is 4.38. The molecule has 1 unspecified atom stereocenters. The van der Waals surface area contributed by atoms with Crippen molar-refractivity contribution in [2.75, 3.05) is 0 Å². The van der Waals surface area contributed by atoms with E-state index in [4.69, 9.17) is 0 Å². The lowest BCUT2D eigenvalue weighted by Gasteiger charge is -2.12. The predicted octanol–water partition coefficient (Wildman–Crippen LogP) is 4.08. The Balaban J connectivity index is 2.11. The zero-order valence-electron chi connectivity index (χ0n) is 12.5. The molecular formula is C19H20O2. The first-order valence-corrected chi connectivity index (χ1v) is 7.20. The molecule has 0 aromatic heterocycles. The maximum absolute atomic E-state index is 11.6. The molecule has 0 fully saturated rings. The van der Waals surface area contributed by atoms with Crippen molar-refractivity contribution in [1.82, 2.24) is 0 Å². The van der Waals surface area contributed by atoms with Crippen molar-refractivity contribution in [3.63, 3.8) is 0 Å². The standard InChI is InChI=1S/C19H20O2/c1-14(20)12-19(15(2)21)13-16-8-10-18(11-9-16)17-6-4-3-5-7-17/h3-11,19H,12-13H2,1-2H3. The highest BCUT2D eigenvalue weighted by Crippen LogP contribution is 2.21. The van der Waals surface area contributed by atoms with E-state index in [0.717, 1.165) is 11.1 Å². The van der Waals surface area contributed by atoms with Crippen LogP contribution in [0.15, 0.2) is 54.6 Å². The molecule has 0 radical (unpaired) electrons. The molecule has 0 aliphatic rings. The van der Waals surface area contributed by atoms with Crippen LogP contribution < -0.4 is 0 Å². The lowest BCUT2D eigenvalue weighted by molar-refractivity contribution is -0.125. The fourth-order valence-electron chi connectivity index (χ4n) is 2.46.